The number of hydrogen-bond acceptors (Lipinski definition) is 3. The summed E-state index contributed by atoms with van der Waals surface area (Å²) in [6, 6.07) is 6.04. The fourth-order valence-electron chi connectivity index (χ4n) is 3.30. The molecule has 0 bridgehead atoms. The lowest BCUT2D eigenvalue weighted by molar-refractivity contribution is -0.150. The molecule has 0 amide bonds. The molecule has 2 unspecified atom stereocenters. The normalized spacial score (nSPS) is 27.9. The molecule has 3 heteroatoms. The van der Waals surface area contributed by atoms with Crippen LogP contribution in [0.2, 0.25) is 0 Å². The minimum Gasteiger partial charge on any atom is -0.488 e. The predicted octanol–water partition coefficient (Wildman–Crippen LogP) is 2.91. The maximum Gasteiger partial charge on any atom is 0.320 e. The lowest BCUT2D eigenvalue weighted by atomic mass is 9.68. The minimum absolute atomic E-state index is 0.138. The lowest BCUT2D eigenvalue weighted by Crippen LogP contribution is -2.47. The van der Waals surface area contributed by atoms with Crippen molar-refractivity contribution in [1.29, 1.82) is 0 Å². The van der Waals surface area contributed by atoms with Gasteiger partial charge >= 0.3 is 5.97 Å². The first-order valence-corrected chi connectivity index (χ1v) is 6.60. The van der Waals surface area contributed by atoms with E-state index in [0.717, 1.165) is 23.3 Å². The van der Waals surface area contributed by atoms with Gasteiger partial charge in [-0.2, -0.15) is 0 Å². The number of aryl methyl sites for hydroxylation is 1. The van der Waals surface area contributed by atoms with Crippen LogP contribution in [-0.4, -0.2) is 19.2 Å². The molecule has 0 N–H and O–H groups in total. The zero-order chi connectivity index (χ0) is 13.6. The second-order valence-corrected chi connectivity index (χ2v) is 5.53. The largest absolute Gasteiger partial charge is 0.488 e. The van der Waals surface area contributed by atoms with E-state index in [1.54, 1.807) is 0 Å². The SMILES string of the molecule is COC(=O)C12CC(C)=CCC1Oc1ccc(C)cc12. The predicted molar refractivity (Wildman–Crippen MR) is 72.3 cm³/mol. The molecule has 1 aromatic carbocycles. The fraction of sp³-hybridized carbons (Fsp3) is 0.438. The van der Waals surface area contributed by atoms with Gasteiger partial charge in [-0.3, -0.25) is 4.79 Å². The number of esters is 1. The number of carbonyl (C=O) groups is 1. The Balaban J connectivity index is 2.20. The van der Waals surface area contributed by atoms with Crippen LogP contribution in [0.3, 0.4) is 0 Å². The molecular weight excluding hydrogens is 240 g/mol. The Labute approximate surface area is 113 Å². The number of allylic oxidation sites excluding steroid dienone is 1. The lowest BCUT2D eigenvalue weighted by Gasteiger charge is -2.34. The third-order valence-corrected chi connectivity index (χ3v) is 4.22. The molecule has 19 heavy (non-hydrogen) atoms. The molecule has 2 aliphatic rings. The zero-order valence-electron chi connectivity index (χ0n) is 11.5. The van der Waals surface area contributed by atoms with Crippen molar-refractivity contribution < 1.29 is 14.3 Å². The Morgan fingerprint density at radius 2 is 2.21 bits per heavy atom. The van der Waals surface area contributed by atoms with Crippen LogP contribution in [0.15, 0.2) is 29.8 Å². The molecule has 0 fully saturated rings. The standard InChI is InChI=1S/C16H18O3/c1-10-4-6-13-12(8-10)16(15(17)18-3)9-11(2)5-7-14(16)19-13/h4-6,8,14H,7,9H2,1-3H3. The van der Waals surface area contributed by atoms with Gasteiger partial charge < -0.3 is 9.47 Å². The third-order valence-electron chi connectivity index (χ3n) is 4.22. The van der Waals surface area contributed by atoms with Crippen LogP contribution < -0.4 is 4.74 Å². The molecule has 1 heterocycles. The van der Waals surface area contributed by atoms with Crippen LogP contribution in [0.4, 0.5) is 0 Å². The molecule has 3 rings (SSSR count). The maximum atomic E-state index is 12.5. The Bertz CT molecular complexity index is 573. The van der Waals surface area contributed by atoms with Gasteiger partial charge in [-0.05, 0) is 26.3 Å². The number of hydrogen-bond donors (Lipinski definition) is 0. The summed E-state index contributed by atoms with van der Waals surface area (Å²) in [6.07, 6.45) is 3.46. The van der Waals surface area contributed by atoms with Gasteiger partial charge in [0.05, 0.1) is 7.11 Å². The molecule has 0 aromatic heterocycles. The van der Waals surface area contributed by atoms with E-state index in [1.165, 1.54) is 12.7 Å². The van der Waals surface area contributed by atoms with Crippen LogP contribution in [0.1, 0.15) is 30.9 Å². The molecule has 2 atom stereocenters. The summed E-state index contributed by atoms with van der Waals surface area (Å²) < 4.78 is 11.1. The van der Waals surface area contributed by atoms with E-state index in [0.29, 0.717) is 6.42 Å². The van der Waals surface area contributed by atoms with Crippen molar-refractivity contribution in [2.45, 2.75) is 38.2 Å². The summed E-state index contributed by atoms with van der Waals surface area (Å²) in [7, 11) is 1.45. The van der Waals surface area contributed by atoms with Crippen LogP contribution >= 0.6 is 0 Å². The second-order valence-electron chi connectivity index (χ2n) is 5.53. The van der Waals surface area contributed by atoms with E-state index >= 15 is 0 Å². The molecule has 0 saturated heterocycles. The average Bonchev–Trinajstić information content (AvgIpc) is 2.72. The van der Waals surface area contributed by atoms with Crippen LogP contribution in [0.25, 0.3) is 0 Å². The summed E-state index contributed by atoms with van der Waals surface area (Å²) in [4.78, 5) is 12.5. The highest BCUT2D eigenvalue weighted by Gasteiger charge is 2.56. The van der Waals surface area contributed by atoms with E-state index in [2.05, 4.69) is 19.1 Å². The summed E-state index contributed by atoms with van der Waals surface area (Å²) in [5.74, 6) is 0.637. The molecular formula is C16H18O3. The topological polar surface area (TPSA) is 35.5 Å². The molecule has 1 aliphatic carbocycles. The Morgan fingerprint density at radius 3 is 2.95 bits per heavy atom. The highest BCUT2D eigenvalue weighted by atomic mass is 16.5. The van der Waals surface area contributed by atoms with E-state index < -0.39 is 5.41 Å². The van der Waals surface area contributed by atoms with Gasteiger partial charge in [-0.15, -0.1) is 0 Å². The van der Waals surface area contributed by atoms with Crippen molar-refractivity contribution in [1.82, 2.24) is 0 Å². The molecule has 100 valence electrons. The molecule has 3 nitrogen and oxygen atoms in total. The number of carbonyl (C=O) groups excluding carboxylic acids is 1. The number of ether oxygens (including phenoxy) is 2. The molecule has 1 aliphatic heterocycles. The van der Waals surface area contributed by atoms with Crippen LogP contribution in [0.5, 0.6) is 5.75 Å². The van der Waals surface area contributed by atoms with Crippen molar-refractivity contribution in [2.24, 2.45) is 0 Å². The van der Waals surface area contributed by atoms with Gasteiger partial charge in [0.25, 0.3) is 0 Å². The Morgan fingerprint density at radius 1 is 1.42 bits per heavy atom. The van der Waals surface area contributed by atoms with Crippen molar-refractivity contribution >= 4 is 5.97 Å². The molecule has 1 aromatic rings. The van der Waals surface area contributed by atoms with Crippen molar-refractivity contribution in [2.75, 3.05) is 7.11 Å². The highest BCUT2D eigenvalue weighted by Crippen LogP contribution is 2.51. The van der Waals surface area contributed by atoms with Gasteiger partial charge in [0.15, 0.2) is 0 Å². The average molecular weight is 258 g/mol. The van der Waals surface area contributed by atoms with E-state index in [-0.39, 0.29) is 12.1 Å². The second kappa shape index (κ2) is 4.12. The van der Waals surface area contributed by atoms with Gasteiger partial charge in [-0.1, -0.05) is 29.3 Å². The molecule has 0 radical (unpaired) electrons. The first-order chi connectivity index (χ1) is 9.07. The zero-order valence-corrected chi connectivity index (χ0v) is 11.5. The van der Waals surface area contributed by atoms with Gasteiger partial charge in [0.1, 0.15) is 17.3 Å². The summed E-state index contributed by atoms with van der Waals surface area (Å²) in [5, 5.41) is 0. The quantitative estimate of drug-likeness (QED) is 0.574. The molecule has 0 spiro atoms. The minimum atomic E-state index is -0.658. The van der Waals surface area contributed by atoms with Crippen molar-refractivity contribution in [3.05, 3.63) is 41.0 Å². The van der Waals surface area contributed by atoms with Gasteiger partial charge in [0, 0.05) is 12.0 Å². The highest BCUT2D eigenvalue weighted by molar-refractivity contribution is 5.87. The third kappa shape index (κ3) is 1.61. The Hall–Kier alpha value is -1.77. The monoisotopic (exact) mass is 258 g/mol. The van der Waals surface area contributed by atoms with Gasteiger partial charge in [-0.25, -0.2) is 0 Å². The summed E-state index contributed by atoms with van der Waals surface area (Å²) in [6.45, 7) is 4.10. The van der Waals surface area contributed by atoms with E-state index in [9.17, 15) is 4.79 Å². The van der Waals surface area contributed by atoms with Crippen molar-refractivity contribution in [3.63, 3.8) is 0 Å². The number of rotatable bonds is 1. The Kier molecular flexibility index (Phi) is 2.66. The number of fused-ring (bicyclic) bond motifs is 3. The van der Waals surface area contributed by atoms with E-state index in [4.69, 9.17) is 9.47 Å². The number of methoxy groups -OCH3 is 1. The van der Waals surface area contributed by atoms with Crippen molar-refractivity contribution in [3.8, 4) is 5.75 Å². The maximum absolute atomic E-state index is 12.5. The van der Waals surface area contributed by atoms with E-state index in [1.807, 2.05) is 19.1 Å². The first kappa shape index (κ1) is 12.3. The first-order valence-electron chi connectivity index (χ1n) is 6.60. The summed E-state index contributed by atoms with van der Waals surface area (Å²) in [5.41, 5.74) is 2.68. The summed E-state index contributed by atoms with van der Waals surface area (Å²) >= 11 is 0. The fourth-order valence-corrected chi connectivity index (χ4v) is 3.30. The van der Waals surface area contributed by atoms with Gasteiger partial charge in [0.2, 0.25) is 0 Å². The van der Waals surface area contributed by atoms with Crippen LogP contribution in [-0.2, 0) is 14.9 Å². The number of benzene rings is 1. The van der Waals surface area contributed by atoms with Crippen LogP contribution in [0, 0.1) is 6.92 Å². The molecule has 0 saturated carbocycles. The smallest absolute Gasteiger partial charge is 0.320 e.